The molecule has 0 saturated carbocycles. The molecule has 0 fully saturated rings. The second kappa shape index (κ2) is 11.0. The maximum absolute atomic E-state index is 14.4. The van der Waals surface area contributed by atoms with Crippen molar-refractivity contribution in [2.24, 2.45) is 5.73 Å². The van der Waals surface area contributed by atoms with Gasteiger partial charge in [-0.05, 0) is 31.1 Å². The highest BCUT2D eigenvalue weighted by atomic mass is 19.2. The standard InChI is InChI=1S/C21H18F6N6O2/c22-12-6-9(2-3-10(12)7-29-5-1-4-28)11-8-30-20(32-19(11)34)33-21(35)31-18-16(26)14(24)13(23)15(25)17(18)27/h2-3,6,8,29H,1,4-5,7,28H2,(H3,30,31,32,33,34,35). The predicted molar refractivity (Wildman–Crippen MR) is 115 cm³/mol. The Bertz CT molecular complexity index is 1290. The molecule has 0 unspecified atom stereocenters. The summed E-state index contributed by atoms with van der Waals surface area (Å²) >= 11 is 0. The number of nitrogens with two attached hydrogens (primary N) is 1. The van der Waals surface area contributed by atoms with Crippen LogP contribution in [0.1, 0.15) is 12.0 Å². The molecule has 186 valence electrons. The van der Waals surface area contributed by atoms with Gasteiger partial charge in [-0.1, -0.05) is 12.1 Å². The van der Waals surface area contributed by atoms with E-state index in [1.165, 1.54) is 17.4 Å². The molecule has 0 bridgehead atoms. The van der Waals surface area contributed by atoms with E-state index in [0.717, 1.165) is 18.7 Å². The highest BCUT2D eigenvalue weighted by Gasteiger charge is 2.27. The van der Waals surface area contributed by atoms with Gasteiger partial charge >= 0.3 is 6.03 Å². The van der Waals surface area contributed by atoms with Crippen LogP contribution in [0.25, 0.3) is 11.1 Å². The summed E-state index contributed by atoms with van der Waals surface area (Å²) in [7, 11) is 0. The average Bonchev–Trinajstić information content (AvgIpc) is 2.83. The Labute approximate surface area is 193 Å². The van der Waals surface area contributed by atoms with Crippen LogP contribution in [-0.2, 0) is 6.54 Å². The molecule has 0 aliphatic heterocycles. The zero-order valence-corrected chi connectivity index (χ0v) is 17.7. The molecule has 14 heteroatoms. The number of H-pyrrole nitrogens is 1. The number of carbonyl (C=O) groups excluding carboxylic acids is 1. The van der Waals surface area contributed by atoms with Crippen LogP contribution >= 0.6 is 0 Å². The van der Waals surface area contributed by atoms with Gasteiger partial charge in [0.15, 0.2) is 23.3 Å². The Morgan fingerprint density at radius 2 is 1.63 bits per heavy atom. The molecule has 0 aliphatic rings. The summed E-state index contributed by atoms with van der Waals surface area (Å²) in [6.07, 6.45) is 1.72. The molecule has 2 amide bonds. The number of nitrogens with zero attached hydrogens (tertiary/aromatic N) is 1. The number of nitrogens with one attached hydrogen (secondary N) is 4. The number of hydrogen-bond donors (Lipinski definition) is 5. The first-order chi connectivity index (χ1) is 16.6. The van der Waals surface area contributed by atoms with Crippen molar-refractivity contribution in [1.82, 2.24) is 15.3 Å². The zero-order valence-electron chi connectivity index (χ0n) is 17.7. The largest absolute Gasteiger partial charge is 0.330 e. The summed E-state index contributed by atoms with van der Waals surface area (Å²) in [5, 5.41) is 6.38. The van der Waals surface area contributed by atoms with Crippen molar-refractivity contribution in [2.45, 2.75) is 13.0 Å². The van der Waals surface area contributed by atoms with Crippen molar-refractivity contribution in [3.8, 4) is 11.1 Å². The van der Waals surface area contributed by atoms with Gasteiger partial charge in [-0.3, -0.25) is 15.1 Å². The van der Waals surface area contributed by atoms with E-state index in [4.69, 9.17) is 5.73 Å². The van der Waals surface area contributed by atoms with Crippen molar-refractivity contribution < 1.29 is 31.1 Å². The highest BCUT2D eigenvalue weighted by molar-refractivity contribution is 5.98. The number of rotatable bonds is 8. The lowest BCUT2D eigenvalue weighted by Gasteiger charge is -2.11. The molecule has 0 saturated heterocycles. The molecule has 35 heavy (non-hydrogen) atoms. The normalized spacial score (nSPS) is 10.9. The van der Waals surface area contributed by atoms with Crippen molar-refractivity contribution in [1.29, 1.82) is 0 Å². The Kier molecular flexibility index (Phi) is 8.09. The quantitative estimate of drug-likeness (QED) is 0.140. The second-order valence-electron chi connectivity index (χ2n) is 7.12. The number of anilines is 2. The smallest absolute Gasteiger partial charge is 0.326 e. The topological polar surface area (TPSA) is 125 Å². The lowest BCUT2D eigenvalue weighted by Crippen LogP contribution is -2.25. The van der Waals surface area contributed by atoms with E-state index >= 15 is 0 Å². The molecule has 3 rings (SSSR count). The van der Waals surface area contributed by atoms with Crippen LogP contribution in [0.3, 0.4) is 0 Å². The van der Waals surface area contributed by atoms with Gasteiger partial charge in [-0.2, -0.15) is 0 Å². The lowest BCUT2D eigenvalue weighted by atomic mass is 10.1. The van der Waals surface area contributed by atoms with Crippen molar-refractivity contribution in [3.63, 3.8) is 0 Å². The van der Waals surface area contributed by atoms with E-state index in [1.807, 2.05) is 5.32 Å². The number of benzene rings is 2. The number of hydrogen-bond acceptors (Lipinski definition) is 5. The molecule has 0 radical (unpaired) electrons. The van der Waals surface area contributed by atoms with Gasteiger partial charge in [-0.25, -0.2) is 36.1 Å². The SMILES string of the molecule is NCCCNCc1ccc(-c2cnc(NC(=O)Nc3c(F)c(F)c(F)c(F)c3F)[nH]c2=O)cc1F. The van der Waals surface area contributed by atoms with Crippen LogP contribution in [-0.4, -0.2) is 29.1 Å². The number of carbonyl (C=O) groups is 1. The average molecular weight is 500 g/mol. The molecule has 0 spiro atoms. The monoisotopic (exact) mass is 500 g/mol. The summed E-state index contributed by atoms with van der Waals surface area (Å²) in [5.74, 6) is -12.5. The van der Waals surface area contributed by atoms with E-state index in [1.54, 1.807) is 0 Å². The van der Waals surface area contributed by atoms with Crippen LogP contribution in [0, 0.1) is 34.9 Å². The number of halogens is 6. The van der Waals surface area contributed by atoms with Crippen molar-refractivity contribution >= 4 is 17.7 Å². The molecule has 1 aromatic heterocycles. The Morgan fingerprint density at radius 3 is 2.23 bits per heavy atom. The van der Waals surface area contributed by atoms with E-state index in [0.29, 0.717) is 18.7 Å². The number of urea groups is 1. The third-order valence-electron chi connectivity index (χ3n) is 4.72. The summed E-state index contributed by atoms with van der Waals surface area (Å²) < 4.78 is 81.4. The highest BCUT2D eigenvalue weighted by Crippen LogP contribution is 2.27. The molecule has 3 aromatic rings. The van der Waals surface area contributed by atoms with Crippen LogP contribution in [0.4, 0.5) is 42.8 Å². The van der Waals surface area contributed by atoms with E-state index < -0.39 is 58.1 Å². The van der Waals surface area contributed by atoms with E-state index in [2.05, 4.69) is 15.3 Å². The fourth-order valence-electron chi connectivity index (χ4n) is 2.94. The Balaban J connectivity index is 1.73. The van der Waals surface area contributed by atoms with Gasteiger partial charge in [0.2, 0.25) is 11.8 Å². The van der Waals surface area contributed by atoms with Gasteiger partial charge in [0, 0.05) is 18.3 Å². The van der Waals surface area contributed by atoms with Crippen molar-refractivity contribution in [3.05, 3.63) is 75.2 Å². The maximum atomic E-state index is 14.4. The predicted octanol–water partition coefficient (Wildman–Crippen LogP) is 3.35. The van der Waals surface area contributed by atoms with Gasteiger partial charge < -0.3 is 16.4 Å². The van der Waals surface area contributed by atoms with Crippen LogP contribution in [0.15, 0.2) is 29.2 Å². The molecule has 2 aromatic carbocycles. The van der Waals surface area contributed by atoms with Gasteiger partial charge in [0.25, 0.3) is 5.56 Å². The Hall–Kier alpha value is -3.91. The zero-order chi connectivity index (χ0) is 25.7. The minimum atomic E-state index is -2.39. The fourth-order valence-corrected chi connectivity index (χ4v) is 2.94. The number of aromatic nitrogens is 2. The van der Waals surface area contributed by atoms with Gasteiger partial charge in [0.05, 0.1) is 5.56 Å². The fraction of sp³-hybridized carbons (Fsp3) is 0.190. The van der Waals surface area contributed by atoms with Crippen LogP contribution < -0.4 is 27.2 Å². The van der Waals surface area contributed by atoms with Gasteiger partial charge in [0.1, 0.15) is 11.5 Å². The molecular formula is C21H18F6N6O2. The first-order valence-corrected chi connectivity index (χ1v) is 10.0. The summed E-state index contributed by atoms with van der Waals surface area (Å²) in [5.41, 5.74) is 3.47. The molecule has 1 heterocycles. The summed E-state index contributed by atoms with van der Waals surface area (Å²) in [6, 6.07) is 2.62. The third kappa shape index (κ3) is 5.78. The molecule has 6 N–H and O–H groups in total. The van der Waals surface area contributed by atoms with Crippen molar-refractivity contribution in [2.75, 3.05) is 23.7 Å². The minimum Gasteiger partial charge on any atom is -0.330 e. The van der Waals surface area contributed by atoms with Gasteiger partial charge in [-0.15, -0.1) is 0 Å². The number of aromatic amines is 1. The molecular weight excluding hydrogens is 482 g/mol. The first-order valence-electron chi connectivity index (χ1n) is 10.0. The Morgan fingerprint density at radius 1 is 0.971 bits per heavy atom. The minimum absolute atomic E-state index is 0.0581. The van der Waals surface area contributed by atoms with E-state index in [-0.39, 0.29) is 17.7 Å². The number of amides is 2. The summed E-state index contributed by atoms with van der Waals surface area (Å²) in [4.78, 5) is 30.2. The molecule has 0 atom stereocenters. The molecule has 8 nitrogen and oxygen atoms in total. The maximum Gasteiger partial charge on any atom is 0.326 e. The first kappa shape index (κ1) is 25.7. The van der Waals surface area contributed by atoms with E-state index in [9.17, 15) is 35.9 Å². The second-order valence-corrected chi connectivity index (χ2v) is 7.12. The van der Waals surface area contributed by atoms with Crippen LogP contribution in [0.2, 0.25) is 0 Å². The lowest BCUT2D eigenvalue weighted by molar-refractivity contribution is 0.261. The summed E-state index contributed by atoms with van der Waals surface area (Å²) in [6.45, 7) is 1.35. The van der Waals surface area contributed by atoms with Crippen LogP contribution in [0.5, 0.6) is 0 Å². The third-order valence-corrected chi connectivity index (χ3v) is 4.72. The molecule has 0 aliphatic carbocycles.